The molecule has 1 aromatic carbocycles. The van der Waals surface area contributed by atoms with Gasteiger partial charge < -0.3 is 0 Å². The van der Waals surface area contributed by atoms with Gasteiger partial charge in [0.1, 0.15) is 11.8 Å². The smallest absolute Gasteiger partial charge is 0.239 e. The Morgan fingerprint density at radius 3 is 2.69 bits per heavy atom. The quantitative estimate of drug-likeness (QED) is 0.566. The molecule has 0 radical (unpaired) electrons. The number of alkyl halides is 4. The minimum absolute atomic E-state index is 0.111. The summed E-state index contributed by atoms with van der Waals surface area (Å²) in [5, 5.41) is 0. The van der Waals surface area contributed by atoms with Gasteiger partial charge in [0, 0.05) is 16.9 Å². The van der Waals surface area contributed by atoms with Gasteiger partial charge in [-0.3, -0.25) is 0 Å². The summed E-state index contributed by atoms with van der Waals surface area (Å²) in [6.45, 7) is 0. The fourth-order valence-corrected chi connectivity index (χ4v) is 2.44. The van der Waals surface area contributed by atoms with Crippen LogP contribution in [0.5, 0.6) is 0 Å². The van der Waals surface area contributed by atoms with Gasteiger partial charge in [-0.2, -0.15) is 0 Å². The highest BCUT2D eigenvalue weighted by atomic mass is 32.2. The van der Waals surface area contributed by atoms with Crippen molar-refractivity contribution >= 4 is 11.8 Å². The molecule has 2 rings (SSSR count). The van der Waals surface area contributed by atoms with Crippen molar-refractivity contribution < 1.29 is 22.0 Å². The van der Waals surface area contributed by atoms with E-state index < -0.39 is 35.9 Å². The van der Waals surface area contributed by atoms with Gasteiger partial charge in [0.25, 0.3) is 5.92 Å². The van der Waals surface area contributed by atoms with E-state index in [9.17, 15) is 22.0 Å². The van der Waals surface area contributed by atoms with Gasteiger partial charge >= 0.3 is 0 Å². The molecule has 88 valence electrons. The highest BCUT2D eigenvalue weighted by molar-refractivity contribution is 7.99. The van der Waals surface area contributed by atoms with Crippen LogP contribution in [0.15, 0.2) is 17.0 Å². The van der Waals surface area contributed by atoms with Crippen molar-refractivity contribution in [3.63, 3.8) is 0 Å². The molecule has 0 aliphatic heterocycles. The van der Waals surface area contributed by atoms with E-state index in [0.717, 1.165) is 6.07 Å². The summed E-state index contributed by atoms with van der Waals surface area (Å²) >= 11 is 0.659. The summed E-state index contributed by atoms with van der Waals surface area (Å²) in [6.07, 6.45) is -3.51. The van der Waals surface area contributed by atoms with Crippen molar-refractivity contribution in [3.05, 3.63) is 29.1 Å². The fourth-order valence-electron chi connectivity index (χ4n) is 1.80. The first kappa shape index (κ1) is 11.7. The molecule has 16 heavy (non-hydrogen) atoms. The summed E-state index contributed by atoms with van der Waals surface area (Å²) in [7, 11) is 0. The summed E-state index contributed by atoms with van der Waals surface area (Å²) in [5.41, 5.74) is -0.733. The van der Waals surface area contributed by atoms with E-state index >= 15 is 0 Å². The number of rotatable bonds is 2. The van der Waals surface area contributed by atoms with Gasteiger partial charge in [-0.05, 0) is 17.7 Å². The fraction of sp³-hybridized carbons (Fsp3) is 0.400. The van der Waals surface area contributed by atoms with E-state index in [4.69, 9.17) is 0 Å². The minimum Gasteiger partial charge on any atom is -0.239 e. The molecule has 0 unspecified atom stereocenters. The molecule has 0 nitrogen and oxygen atoms in total. The first-order valence-electron chi connectivity index (χ1n) is 4.49. The third-order valence-electron chi connectivity index (χ3n) is 2.51. The predicted molar refractivity (Wildman–Crippen MR) is 50.7 cm³/mol. The molecule has 1 atom stereocenters. The van der Waals surface area contributed by atoms with Gasteiger partial charge in [0.2, 0.25) is 0 Å². The number of fused-ring (bicyclic) bond motifs is 1. The molecule has 0 heterocycles. The van der Waals surface area contributed by atoms with Crippen molar-refractivity contribution in [2.45, 2.75) is 23.4 Å². The minimum atomic E-state index is -3.60. The molecule has 1 aliphatic rings. The van der Waals surface area contributed by atoms with E-state index in [0.29, 0.717) is 11.8 Å². The Morgan fingerprint density at radius 1 is 1.38 bits per heavy atom. The molecule has 0 bridgehead atoms. The highest BCUT2D eigenvalue weighted by Gasteiger charge is 2.50. The van der Waals surface area contributed by atoms with Crippen molar-refractivity contribution in [1.29, 1.82) is 0 Å². The van der Waals surface area contributed by atoms with E-state index in [-0.39, 0.29) is 10.5 Å². The number of hydrogen-bond donors (Lipinski definition) is 0. The number of thioether (sulfide) groups is 1. The molecule has 0 N–H and O–H groups in total. The summed E-state index contributed by atoms with van der Waals surface area (Å²) in [4.78, 5) is 0.179. The second-order valence-corrected chi connectivity index (χ2v) is 4.44. The lowest BCUT2D eigenvalue weighted by atomic mass is 10.1. The largest absolute Gasteiger partial charge is 0.286 e. The van der Waals surface area contributed by atoms with E-state index in [2.05, 4.69) is 0 Å². The van der Waals surface area contributed by atoms with Crippen LogP contribution in [0.2, 0.25) is 0 Å². The Bertz CT molecular complexity index is 418. The van der Waals surface area contributed by atoms with Crippen LogP contribution in [0.25, 0.3) is 0 Å². The van der Waals surface area contributed by atoms with E-state index in [1.54, 1.807) is 0 Å². The maximum Gasteiger partial charge on any atom is 0.286 e. The molecule has 1 aliphatic carbocycles. The van der Waals surface area contributed by atoms with Crippen LogP contribution >= 0.6 is 11.8 Å². The van der Waals surface area contributed by atoms with Crippen LogP contribution in [-0.4, -0.2) is 11.9 Å². The monoisotopic (exact) mass is 254 g/mol. The second kappa shape index (κ2) is 3.91. The molecule has 0 saturated carbocycles. The van der Waals surface area contributed by atoms with Gasteiger partial charge in [0.05, 0.1) is 0 Å². The van der Waals surface area contributed by atoms with E-state index in [1.165, 1.54) is 6.07 Å². The Hall–Kier alpha value is -0.780. The summed E-state index contributed by atoms with van der Waals surface area (Å²) < 4.78 is 64.8. The molecule has 0 spiro atoms. The van der Waals surface area contributed by atoms with Gasteiger partial charge in [-0.25, -0.2) is 22.0 Å². The topological polar surface area (TPSA) is 0 Å². The van der Waals surface area contributed by atoms with Crippen LogP contribution < -0.4 is 0 Å². The predicted octanol–water partition coefficient (Wildman–Crippen LogP) is 4.05. The van der Waals surface area contributed by atoms with Crippen LogP contribution in [0.1, 0.15) is 17.3 Å². The zero-order chi connectivity index (χ0) is 11.9. The lowest BCUT2D eigenvalue weighted by Crippen LogP contribution is -2.18. The normalized spacial score (nSPS) is 22.2. The third kappa shape index (κ3) is 1.69. The SMILES string of the molecule is FCSc1ccc(F)c2c1CC(F)(F)[C@@H]2F. The number of hydrogen-bond acceptors (Lipinski definition) is 1. The van der Waals surface area contributed by atoms with Crippen molar-refractivity contribution in [3.8, 4) is 0 Å². The third-order valence-corrected chi connectivity index (χ3v) is 3.31. The Kier molecular flexibility index (Phi) is 2.86. The summed E-state index contributed by atoms with van der Waals surface area (Å²) in [5.74, 6) is -4.60. The Balaban J connectivity index is 2.53. The number of halogens is 5. The van der Waals surface area contributed by atoms with Crippen molar-refractivity contribution in [2.24, 2.45) is 0 Å². The van der Waals surface area contributed by atoms with Gasteiger partial charge in [-0.15, -0.1) is 0 Å². The maximum atomic E-state index is 13.3. The van der Waals surface area contributed by atoms with Crippen LogP contribution in [-0.2, 0) is 6.42 Å². The number of benzene rings is 1. The zero-order valence-electron chi connectivity index (χ0n) is 7.94. The van der Waals surface area contributed by atoms with Crippen LogP contribution in [0.4, 0.5) is 22.0 Å². The van der Waals surface area contributed by atoms with Crippen LogP contribution in [0, 0.1) is 5.82 Å². The molecule has 6 heteroatoms. The second-order valence-electron chi connectivity index (χ2n) is 3.49. The highest BCUT2D eigenvalue weighted by Crippen LogP contribution is 2.49. The van der Waals surface area contributed by atoms with Gasteiger partial charge in [0.15, 0.2) is 6.17 Å². The molecule has 1 aromatic rings. The molecular formula is C10H7F5S. The average molecular weight is 254 g/mol. The standard InChI is InChI=1S/C10H7F5S/c11-4-16-7-2-1-6(12)8-5(7)3-10(14,15)9(8)13/h1-2,9H,3-4H2/t9-/m1/s1. The van der Waals surface area contributed by atoms with Crippen LogP contribution in [0.3, 0.4) is 0 Å². The molecule has 0 aromatic heterocycles. The maximum absolute atomic E-state index is 13.3. The van der Waals surface area contributed by atoms with Crippen molar-refractivity contribution in [2.75, 3.05) is 6.01 Å². The molecule has 0 saturated heterocycles. The molecular weight excluding hydrogens is 247 g/mol. The lowest BCUT2D eigenvalue weighted by molar-refractivity contribution is -0.0611. The summed E-state index contributed by atoms with van der Waals surface area (Å²) in [6, 6.07) is 1.28. The zero-order valence-corrected chi connectivity index (χ0v) is 8.76. The van der Waals surface area contributed by atoms with Crippen molar-refractivity contribution in [1.82, 2.24) is 0 Å². The Labute approximate surface area is 92.8 Å². The molecule has 0 amide bonds. The average Bonchev–Trinajstić information content (AvgIpc) is 2.44. The first-order chi connectivity index (χ1) is 7.47. The lowest BCUT2D eigenvalue weighted by Gasteiger charge is -2.10. The van der Waals surface area contributed by atoms with E-state index in [1.807, 2.05) is 0 Å². The molecule has 0 fully saturated rings. The first-order valence-corrected chi connectivity index (χ1v) is 5.48. The van der Waals surface area contributed by atoms with Gasteiger partial charge in [-0.1, -0.05) is 11.8 Å². The Morgan fingerprint density at radius 2 is 2.06 bits per heavy atom.